The van der Waals surface area contributed by atoms with Crippen LogP contribution < -0.4 is 5.01 Å². The third kappa shape index (κ3) is 7.66. The van der Waals surface area contributed by atoms with E-state index in [-0.39, 0.29) is 23.9 Å². The van der Waals surface area contributed by atoms with E-state index in [0.717, 1.165) is 30.1 Å². The van der Waals surface area contributed by atoms with Crippen LogP contribution in [-0.4, -0.2) is 75.5 Å². The second kappa shape index (κ2) is 13.2. The predicted molar refractivity (Wildman–Crippen MR) is 167 cm³/mol. The summed E-state index contributed by atoms with van der Waals surface area (Å²) in [6.45, 7) is 5.77. The van der Waals surface area contributed by atoms with E-state index in [1.165, 1.54) is 13.8 Å². The lowest BCUT2D eigenvalue weighted by atomic mass is 9.80. The summed E-state index contributed by atoms with van der Waals surface area (Å²) in [5, 5.41) is 16.9. The number of hydrazone groups is 1. The molecule has 1 fully saturated rings. The maximum absolute atomic E-state index is 14.9. The molecule has 0 bridgehead atoms. The van der Waals surface area contributed by atoms with Gasteiger partial charge in [-0.25, -0.2) is 5.01 Å². The molecule has 1 aliphatic carbocycles. The van der Waals surface area contributed by atoms with E-state index in [9.17, 15) is 54.8 Å². The third-order valence-corrected chi connectivity index (χ3v) is 8.75. The number of benzene rings is 1. The van der Waals surface area contributed by atoms with Gasteiger partial charge in [0.2, 0.25) is 0 Å². The summed E-state index contributed by atoms with van der Waals surface area (Å²) in [5.41, 5.74) is -9.70. The Hall–Kier alpha value is -4.47. The summed E-state index contributed by atoms with van der Waals surface area (Å²) >= 11 is 6.29. The average Bonchev–Trinajstić information content (AvgIpc) is 3.46. The molecule has 1 aliphatic heterocycles. The van der Waals surface area contributed by atoms with Gasteiger partial charge in [0.15, 0.2) is 6.73 Å². The molecular weight excluding hydrogens is 736 g/mol. The van der Waals surface area contributed by atoms with E-state index >= 15 is 0 Å². The molecule has 1 amide bonds. The average molecular weight is 769 g/mol. The Morgan fingerprint density at radius 2 is 1.63 bits per heavy atom. The predicted octanol–water partition coefficient (Wildman–Crippen LogP) is 6.79. The second-order valence-corrected chi connectivity index (χ2v) is 14.5. The van der Waals surface area contributed by atoms with Crippen molar-refractivity contribution < 1.29 is 59.0 Å². The first-order valence-electron chi connectivity index (χ1n) is 15.4. The smallest absolute Gasteiger partial charge is 0.459 e. The summed E-state index contributed by atoms with van der Waals surface area (Å²) in [6.07, 6.45) is -11.1. The van der Waals surface area contributed by atoms with Crippen LogP contribution in [0.2, 0.25) is 5.02 Å². The van der Waals surface area contributed by atoms with Crippen molar-refractivity contribution in [2.45, 2.75) is 88.7 Å². The Kier molecular flexibility index (Phi) is 10.2. The molecule has 52 heavy (non-hydrogen) atoms. The topological polar surface area (TPSA) is 130 Å². The molecule has 284 valence electrons. The Morgan fingerprint density at radius 1 is 1.02 bits per heavy atom. The first-order chi connectivity index (χ1) is 23.6. The number of carbonyl (C=O) groups excluding carboxylic acids is 3. The molecule has 1 saturated carbocycles. The summed E-state index contributed by atoms with van der Waals surface area (Å²) in [4.78, 5) is 40.2. The minimum atomic E-state index is -6.04. The van der Waals surface area contributed by atoms with E-state index in [1.54, 1.807) is 20.8 Å². The molecule has 20 heteroatoms. The van der Waals surface area contributed by atoms with Crippen LogP contribution in [0.1, 0.15) is 75.5 Å². The number of hydrogen-bond acceptors (Lipinski definition) is 9. The molecule has 4 rings (SSSR count). The van der Waals surface area contributed by atoms with Crippen LogP contribution in [-0.2, 0) is 37.4 Å². The zero-order valence-electron chi connectivity index (χ0n) is 28.5. The van der Waals surface area contributed by atoms with Crippen molar-refractivity contribution in [3.63, 3.8) is 0 Å². The van der Waals surface area contributed by atoms with Crippen LogP contribution in [0.3, 0.4) is 0 Å². The standard InChI is InChI=1S/C32H33ClF8N6O5/c1-26(2,3)52-25(50)27(4,5)13-23(48)51-17-46(28(14-42)9-10-28)24(49)19-11-18(7-8-20(19)33)29(31(36,37)38)15-43-47(16-29)22-12-21(44-45(22)6)30(34,35)32(39,40)41/h7-8,11-12,15H,9-10,13,16-17H2,1-6H3. The Labute approximate surface area is 297 Å². The van der Waals surface area contributed by atoms with Crippen molar-refractivity contribution in [1.29, 1.82) is 5.26 Å². The van der Waals surface area contributed by atoms with Gasteiger partial charge in [-0.15, -0.1) is 0 Å². The van der Waals surface area contributed by atoms with Crippen LogP contribution in [0.5, 0.6) is 0 Å². The van der Waals surface area contributed by atoms with Gasteiger partial charge < -0.3 is 9.47 Å². The van der Waals surface area contributed by atoms with Crippen molar-refractivity contribution in [3.8, 4) is 6.07 Å². The van der Waals surface area contributed by atoms with Crippen LogP contribution in [0.25, 0.3) is 0 Å². The van der Waals surface area contributed by atoms with Crippen molar-refractivity contribution >= 4 is 41.5 Å². The van der Waals surface area contributed by atoms with Crippen LogP contribution >= 0.6 is 11.6 Å². The first kappa shape index (κ1) is 40.3. The number of alkyl halides is 8. The maximum atomic E-state index is 14.9. The fourth-order valence-electron chi connectivity index (χ4n) is 5.20. The number of aromatic nitrogens is 2. The first-order valence-corrected chi connectivity index (χ1v) is 15.8. The molecule has 2 heterocycles. The van der Waals surface area contributed by atoms with Gasteiger partial charge in [0.25, 0.3) is 5.91 Å². The second-order valence-electron chi connectivity index (χ2n) is 14.1. The van der Waals surface area contributed by atoms with E-state index in [0.29, 0.717) is 15.9 Å². The van der Waals surface area contributed by atoms with E-state index in [2.05, 4.69) is 10.2 Å². The van der Waals surface area contributed by atoms with Crippen LogP contribution in [0.4, 0.5) is 40.9 Å². The molecule has 11 nitrogen and oxygen atoms in total. The number of rotatable bonds is 10. The number of nitriles is 1. The molecule has 2 aliphatic rings. The zero-order valence-corrected chi connectivity index (χ0v) is 29.3. The molecule has 2 aromatic rings. The van der Waals surface area contributed by atoms with Crippen LogP contribution in [0.15, 0.2) is 29.4 Å². The molecule has 1 aromatic heterocycles. The lowest BCUT2D eigenvalue weighted by molar-refractivity contribution is -0.291. The third-order valence-electron chi connectivity index (χ3n) is 8.42. The Balaban J connectivity index is 1.63. The van der Waals surface area contributed by atoms with Gasteiger partial charge >= 0.3 is 30.2 Å². The van der Waals surface area contributed by atoms with Gasteiger partial charge in [0, 0.05) is 19.3 Å². The van der Waals surface area contributed by atoms with Crippen LogP contribution in [0, 0.1) is 16.7 Å². The number of aryl methyl sites for hydroxylation is 1. The minimum Gasteiger partial charge on any atom is -0.460 e. The molecular formula is C32H33ClF8N6O5. The highest BCUT2D eigenvalue weighted by Crippen LogP contribution is 2.48. The Morgan fingerprint density at radius 3 is 2.15 bits per heavy atom. The fraction of sp³-hybridized carbons (Fsp3) is 0.562. The highest BCUT2D eigenvalue weighted by atomic mass is 35.5. The maximum Gasteiger partial charge on any atom is 0.459 e. The molecule has 0 N–H and O–H groups in total. The molecule has 0 saturated heterocycles. The van der Waals surface area contributed by atoms with Crippen molar-refractivity contribution in [1.82, 2.24) is 14.7 Å². The number of halogens is 9. The summed E-state index contributed by atoms with van der Waals surface area (Å²) in [7, 11) is 0.941. The monoisotopic (exact) mass is 768 g/mol. The van der Waals surface area contributed by atoms with Crippen molar-refractivity contribution in [2.24, 2.45) is 17.6 Å². The largest absolute Gasteiger partial charge is 0.460 e. The van der Waals surface area contributed by atoms with Crippen molar-refractivity contribution in [2.75, 3.05) is 18.3 Å². The molecule has 1 unspecified atom stereocenters. The molecule has 1 aromatic carbocycles. The van der Waals surface area contributed by atoms with Gasteiger partial charge in [-0.05, 0) is 65.2 Å². The highest BCUT2D eigenvalue weighted by molar-refractivity contribution is 6.34. The van der Waals surface area contributed by atoms with Gasteiger partial charge in [-0.3, -0.25) is 24.0 Å². The Bertz CT molecular complexity index is 1820. The number of carbonyl (C=O) groups is 3. The number of hydrogen-bond donors (Lipinski definition) is 0. The van der Waals surface area contributed by atoms with Gasteiger partial charge in [0.1, 0.15) is 28.1 Å². The minimum absolute atomic E-state index is 0.127. The lowest BCUT2D eigenvalue weighted by Crippen LogP contribution is -2.48. The molecule has 0 radical (unpaired) electrons. The molecule has 0 spiro atoms. The van der Waals surface area contributed by atoms with Gasteiger partial charge in [-0.1, -0.05) is 17.7 Å². The van der Waals surface area contributed by atoms with E-state index in [4.69, 9.17) is 21.1 Å². The van der Waals surface area contributed by atoms with E-state index in [1.807, 2.05) is 6.07 Å². The number of anilines is 1. The fourth-order valence-corrected chi connectivity index (χ4v) is 5.40. The number of esters is 2. The molecule has 1 atom stereocenters. The summed E-state index contributed by atoms with van der Waals surface area (Å²) in [5.74, 6) is -8.79. The number of amides is 1. The summed E-state index contributed by atoms with van der Waals surface area (Å²) in [6, 6.07) is 4.89. The van der Waals surface area contributed by atoms with Gasteiger partial charge in [-0.2, -0.15) is 50.6 Å². The number of ether oxygens (including phenoxy) is 2. The normalized spacial score (nSPS) is 18.9. The highest BCUT2D eigenvalue weighted by Gasteiger charge is 2.62. The van der Waals surface area contributed by atoms with Crippen molar-refractivity contribution in [3.05, 3.63) is 46.1 Å². The van der Waals surface area contributed by atoms with E-state index < -0.39 is 100 Å². The quantitative estimate of drug-likeness (QED) is 0.147. The number of nitrogens with zero attached hydrogens (tertiary/aromatic N) is 6. The SMILES string of the molecule is Cn1nc(C(F)(F)C(F)(F)F)cc1N1CC(c2ccc(Cl)c(C(=O)N(COC(=O)CC(C)(C)C(=O)OC(C)(C)C)C3(C#N)CC3)c2)(C(F)(F)F)C=N1. The zero-order chi connectivity index (χ0) is 39.5. The summed E-state index contributed by atoms with van der Waals surface area (Å²) < 4.78 is 123. The lowest BCUT2D eigenvalue weighted by Gasteiger charge is -2.32. The van der Waals surface area contributed by atoms with Gasteiger partial charge in [0.05, 0.1) is 35.0 Å².